The zero-order valence-corrected chi connectivity index (χ0v) is 11.5. The first-order chi connectivity index (χ1) is 9.65. The molecular weight excluding hydrogens is 256 g/mol. The minimum absolute atomic E-state index is 0.0133. The summed E-state index contributed by atoms with van der Waals surface area (Å²) in [6.07, 6.45) is 6.11. The van der Waals surface area contributed by atoms with Crippen LogP contribution in [-0.2, 0) is 0 Å². The highest BCUT2D eigenvalue weighted by molar-refractivity contribution is 6.10. The number of Topliss-reactive ketones (excluding diaryl/α,β-unsaturated/α-hetero) is 1. The van der Waals surface area contributed by atoms with Crippen LogP contribution >= 0.6 is 0 Å². The van der Waals surface area contributed by atoms with Crippen molar-refractivity contribution in [2.24, 2.45) is 0 Å². The summed E-state index contributed by atoms with van der Waals surface area (Å²) in [6.45, 7) is 2.12. The number of nitrogens with zero attached hydrogens (tertiary/aromatic N) is 1. The van der Waals surface area contributed by atoms with E-state index in [2.05, 4.69) is 11.9 Å². The third-order valence-electron chi connectivity index (χ3n) is 3.44. The van der Waals surface area contributed by atoms with Crippen LogP contribution in [-0.4, -0.2) is 15.7 Å². The van der Waals surface area contributed by atoms with Crippen LogP contribution in [0.25, 0.3) is 10.9 Å². The Morgan fingerprint density at radius 2 is 2.10 bits per heavy atom. The van der Waals surface area contributed by atoms with E-state index in [1.807, 2.05) is 0 Å². The molecule has 1 aromatic heterocycles. The van der Waals surface area contributed by atoms with Crippen molar-refractivity contribution in [2.45, 2.75) is 39.0 Å². The summed E-state index contributed by atoms with van der Waals surface area (Å²) in [7, 11) is 0. The molecule has 0 fully saturated rings. The maximum Gasteiger partial charge on any atom is 0.279 e. The molecule has 20 heavy (non-hydrogen) atoms. The largest absolute Gasteiger partial charge is 0.360 e. The molecule has 1 heterocycles. The molecule has 5 nitrogen and oxygen atoms in total. The van der Waals surface area contributed by atoms with E-state index in [-0.39, 0.29) is 11.5 Å². The van der Waals surface area contributed by atoms with Gasteiger partial charge < -0.3 is 4.98 Å². The lowest BCUT2D eigenvalue weighted by atomic mass is 10.0. The van der Waals surface area contributed by atoms with Gasteiger partial charge in [-0.3, -0.25) is 14.9 Å². The molecule has 0 aliphatic rings. The number of unbranched alkanes of at least 4 members (excludes halogenated alkanes) is 3. The first kappa shape index (κ1) is 14.2. The van der Waals surface area contributed by atoms with E-state index in [0.29, 0.717) is 22.9 Å². The van der Waals surface area contributed by atoms with Crippen LogP contribution < -0.4 is 0 Å². The molecule has 0 radical (unpaired) electrons. The number of nitrogens with one attached hydrogen (secondary N) is 1. The third kappa shape index (κ3) is 2.87. The van der Waals surface area contributed by atoms with Crippen LogP contribution in [0.1, 0.15) is 49.4 Å². The molecule has 2 aromatic rings. The zero-order valence-electron chi connectivity index (χ0n) is 11.5. The topological polar surface area (TPSA) is 76.0 Å². The Balaban J connectivity index is 2.26. The summed E-state index contributed by atoms with van der Waals surface area (Å²) in [5.74, 6) is -0.0262. The van der Waals surface area contributed by atoms with E-state index in [9.17, 15) is 14.9 Å². The number of aromatic nitrogens is 1. The molecule has 1 aromatic carbocycles. The van der Waals surface area contributed by atoms with Gasteiger partial charge in [-0.25, -0.2) is 0 Å². The Kier molecular flexibility index (Phi) is 4.50. The van der Waals surface area contributed by atoms with Gasteiger partial charge in [-0.15, -0.1) is 0 Å². The zero-order chi connectivity index (χ0) is 14.5. The fourth-order valence-electron chi connectivity index (χ4n) is 2.38. The SMILES string of the molecule is CCCCCCC(=O)c1c[nH]c2cccc([N+](=O)[O-])c12. The molecule has 0 bridgehead atoms. The number of carbonyl (C=O) groups is 1. The van der Waals surface area contributed by atoms with Crippen LogP contribution in [0, 0.1) is 10.1 Å². The van der Waals surface area contributed by atoms with E-state index < -0.39 is 4.92 Å². The Morgan fingerprint density at radius 1 is 1.30 bits per heavy atom. The molecule has 0 spiro atoms. The molecule has 0 unspecified atom stereocenters. The molecule has 0 aliphatic carbocycles. The number of non-ortho nitro benzene ring substituents is 1. The van der Waals surface area contributed by atoms with Gasteiger partial charge in [-0.1, -0.05) is 32.3 Å². The Labute approximate surface area is 117 Å². The van der Waals surface area contributed by atoms with Gasteiger partial charge in [0, 0.05) is 24.2 Å². The number of hydrogen-bond donors (Lipinski definition) is 1. The number of benzene rings is 1. The van der Waals surface area contributed by atoms with Crippen molar-refractivity contribution < 1.29 is 9.72 Å². The van der Waals surface area contributed by atoms with Crippen molar-refractivity contribution in [3.8, 4) is 0 Å². The molecule has 0 saturated heterocycles. The van der Waals surface area contributed by atoms with E-state index in [0.717, 1.165) is 25.7 Å². The monoisotopic (exact) mass is 274 g/mol. The van der Waals surface area contributed by atoms with Crippen molar-refractivity contribution in [1.29, 1.82) is 0 Å². The molecule has 0 atom stereocenters. The fourth-order valence-corrected chi connectivity index (χ4v) is 2.38. The highest BCUT2D eigenvalue weighted by Crippen LogP contribution is 2.29. The minimum atomic E-state index is -0.440. The second-order valence-electron chi connectivity index (χ2n) is 4.89. The van der Waals surface area contributed by atoms with Crippen LogP contribution in [0.4, 0.5) is 5.69 Å². The maximum absolute atomic E-state index is 12.2. The lowest BCUT2D eigenvalue weighted by Crippen LogP contribution is -1.99. The van der Waals surface area contributed by atoms with Crippen LogP contribution in [0.15, 0.2) is 24.4 Å². The van der Waals surface area contributed by atoms with Crippen molar-refractivity contribution in [3.05, 3.63) is 40.1 Å². The maximum atomic E-state index is 12.2. The number of carbonyl (C=O) groups excluding carboxylic acids is 1. The van der Waals surface area contributed by atoms with Crippen LogP contribution in [0.5, 0.6) is 0 Å². The lowest BCUT2D eigenvalue weighted by Gasteiger charge is -2.00. The summed E-state index contributed by atoms with van der Waals surface area (Å²) < 4.78 is 0. The van der Waals surface area contributed by atoms with Gasteiger partial charge in [0.25, 0.3) is 5.69 Å². The van der Waals surface area contributed by atoms with Gasteiger partial charge in [-0.05, 0) is 12.5 Å². The average Bonchev–Trinajstić information content (AvgIpc) is 2.87. The molecule has 2 rings (SSSR count). The predicted molar refractivity (Wildman–Crippen MR) is 78.0 cm³/mol. The van der Waals surface area contributed by atoms with Crippen molar-refractivity contribution in [3.63, 3.8) is 0 Å². The Hall–Kier alpha value is -2.17. The molecule has 106 valence electrons. The predicted octanol–water partition coefficient (Wildman–Crippen LogP) is 4.23. The number of H-pyrrole nitrogens is 1. The van der Waals surface area contributed by atoms with Gasteiger partial charge in [0.2, 0.25) is 0 Å². The molecular formula is C15H18N2O3. The quantitative estimate of drug-likeness (QED) is 0.355. The van der Waals surface area contributed by atoms with Gasteiger partial charge in [0.05, 0.1) is 15.8 Å². The van der Waals surface area contributed by atoms with Gasteiger partial charge in [0.1, 0.15) is 0 Å². The van der Waals surface area contributed by atoms with Crippen molar-refractivity contribution >= 4 is 22.4 Å². The minimum Gasteiger partial charge on any atom is -0.360 e. The summed E-state index contributed by atoms with van der Waals surface area (Å²) >= 11 is 0. The lowest BCUT2D eigenvalue weighted by molar-refractivity contribution is -0.383. The van der Waals surface area contributed by atoms with Crippen molar-refractivity contribution in [1.82, 2.24) is 4.98 Å². The second kappa shape index (κ2) is 6.32. The molecule has 1 N–H and O–H groups in total. The molecule has 0 saturated carbocycles. The van der Waals surface area contributed by atoms with E-state index in [1.54, 1.807) is 18.3 Å². The smallest absolute Gasteiger partial charge is 0.279 e. The molecule has 0 amide bonds. The summed E-state index contributed by atoms with van der Waals surface area (Å²) in [5, 5.41) is 11.5. The number of ketones is 1. The van der Waals surface area contributed by atoms with Gasteiger partial charge in [-0.2, -0.15) is 0 Å². The van der Waals surface area contributed by atoms with Crippen molar-refractivity contribution in [2.75, 3.05) is 0 Å². The number of fused-ring (bicyclic) bond motifs is 1. The molecule has 5 heteroatoms. The molecule has 0 aliphatic heterocycles. The number of nitro groups is 1. The third-order valence-corrected chi connectivity index (χ3v) is 3.44. The number of aromatic amines is 1. The van der Waals surface area contributed by atoms with Gasteiger partial charge in [0.15, 0.2) is 5.78 Å². The highest BCUT2D eigenvalue weighted by Gasteiger charge is 2.20. The summed E-state index contributed by atoms with van der Waals surface area (Å²) in [5.41, 5.74) is 1.06. The standard InChI is InChI=1S/C15H18N2O3/c1-2-3-4-5-9-14(18)11-10-16-12-7-6-8-13(15(11)12)17(19)20/h6-8,10,16H,2-5,9H2,1H3. The first-order valence-corrected chi connectivity index (χ1v) is 6.92. The average molecular weight is 274 g/mol. The normalized spacial score (nSPS) is 10.8. The van der Waals surface area contributed by atoms with E-state index in [4.69, 9.17) is 0 Å². The van der Waals surface area contributed by atoms with E-state index in [1.165, 1.54) is 6.07 Å². The van der Waals surface area contributed by atoms with Gasteiger partial charge >= 0.3 is 0 Å². The number of hydrogen-bond acceptors (Lipinski definition) is 3. The summed E-state index contributed by atoms with van der Waals surface area (Å²) in [6, 6.07) is 4.80. The second-order valence-corrected chi connectivity index (χ2v) is 4.89. The highest BCUT2D eigenvalue weighted by atomic mass is 16.6. The fraction of sp³-hybridized carbons (Fsp3) is 0.400. The number of nitro benzene ring substituents is 1. The Bertz CT molecular complexity index is 631. The van der Waals surface area contributed by atoms with Crippen LogP contribution in [0.2, 0.25) is 0 Å². The Morgan fingerprint density at radius 3 is 2.80 bits per heavy atom. The summed E-state index contributed by atoms with van der Waals surface area (Å²) in [4.78, 5) is 25.8. The van der Waals surface area contributed by atoms with E-state index >= 15 is 0 Å². The first-order valence-electron chi connectivity index (χ1n) is 6.92. The number of rotatable bonds is 7. The van der Waals surface area contributed by atoms with Crippen LogP contribution in [0.3, 0.4) is 0 Å².